The minimum atomic E-state index is 0.220. The number of rotatable bonds is 7. The van der Waals surface area contributed by atoms with E-state index in [4.69, 9.17) is 9.47 Å². The first kappa shape index (κ1) is 16.3. The van der Waals surface area contributed by atoms with Crippen LogP contribution in [0.2, 0.25) is 0 Å². The van der Waals surface area contributed by atoms with Gasteiger partial charge in [-0.25, -0.2) is 0 Å². The number of likely N-dealkylation sites (N-methyl/N-ethyl adjacent to an activating group) is 2. The highest BCUT2D eigenvalue weighted by atomic mass is 79.9. The van der Waals surface area contributed by atoms with Gasteiger partial charge in [-0.1, -0.05) is 6.92 Å². The Labute approximate surface area is 124 Å². The van der Waals surface area contributed by atoms with Crippen LogP contribution in [0.25, 0.3) is 0 Å². The molecule has 1 atom stereocenters. The molecule has 0 saturated carbocycles. The van der Waals surface area contributed by atoms with E-state index in [0.717, 1.165) is 34.6 Å². The fourth-order valence-electron chi connectivity index (χ4n) is 2.08. The molecule has 0 aliphatic carbocycles. The van der Waals surface area contributed by atoms with Crippen molar-refractivity contribution in [3.05, 3.63) is 22.2 Å². The monoisotopic (exact) mass is 330 g/mol. The van der Waals surface area contributed by atoms with Gasteiger partial charge in [-0.3, -0.25) is 0 Å². The Bertz CT molecular complexity index is 411. The van der Waals surface area contributed by atoms with Crippen LogP contribution in [0.4, 0.5) is 0 Å². The van der Waals surface area contributed by atoms with Gasteiger partial charge < -0.3 is 19.7 Å². The topological polar surface area (TPSA) is 33.7 Å². The van der Waals surface area contributed by atoms with Crippen molar-refractivity contribution in [3.8, 4) is 11.5 Å². The number of methoxy groups -OCH3 is 2. The van der Waals surface area contributed by atoms with E-state index in [1.807, 2.05) is 6.07 Å². The first-order chi connectivity index (χ1) is 9.04. The van der Waals surface area contributed by atoms with Crippen molar-refractivity contribution in [2.24, 2.45) is 0 Å². The Balaban J connectivity index is 3.18. The van der Waals surface area contributed by atoms with E-state index in [-0.39, 0.29) is 6.04 Å². The summed E-state index contributed by atoms with van der Waals surface area (Å²) in [5, 5.41) is 3.49. The molecule has 4 nitrogen and oxygen atoms in total. The maximum absolute atomic E-state index is 5.54. The average Bonchev–Trinajstić information content (AvgIpc) is 2.37. The predicted molar refractivity (Wildman–Crippen MR) is 82.2 cm³/mol. The minimum absolute atomic E-state index is 0.220. The molecule has 5 heteroatoms. The first-order valence-corrected chi connectivity index (χ1v) is 7.12. The molecular formula is C14H23BrN2O2. The SMILES string of the molecule is CCNC(CN(C)C)c1ccc(OC)c(Br)c1OC. The highest BCUT2D eigenvalue weighted by Gasteiger charge is 2.20. The van der Waals surface area contributed by atoms with Crippen molar-refractivity contribution < 1.29 is 9.47 Å². The molecule has 0 aliphatic heterocycles. The minimum Gasteiger partial charge on any atom is -0.495 e. The van der Waals surface area contributed by atoms with Gasteiger partial charge in [0.25, 0.3) is 0 Å². The molecule has 0 aromatic heterocycles. The summed E-state index contributed by atoms with van der Waals surface area (Å²) in [5.41, 5.74) is 1.13. The predicted octanol–water partition coefficient (Wildman–Crippen LogP) is 2.68. The van der Waals surface area contributed by atoms with E-state index in [2.05, 4.69) is 53.2 Å². The third-order valence-corrected chi connectivity index (χ3v) is 3.64. The summed E-state index contributed by atoms with van der Waals surface area (Å²) in [6, 6.07) is 4.23. The summed E-state index contributed by atoms with van der Waals surface area (Å²) in [6.07, 6.45) is 0. The van der Waals surface area contributed by atoms with Crippen LogP contribution in [0.3, 0.4) is 0 Å². The fourth-order valence-corrected chi connectivity index (χ4v) is 2.76. The molecular weight excluding hydrogens is 308 g/mol. The third-order valence-electron chi connectivity index (χ3n) is 2.89. The van der Waals surface area contributed by atoms with Gasteiger partial charge in [0.1, 0.15) is 16.0 Å². The van der Waals surface area contributed by atoms with Crippen LogP contribution in [-0.2, 0) is 0 Å². The van der Waals surface area contributed by atoms with Crippen molar-refractivity contribution >= 4 is 15.9 Å². The maximum Gasteiger partial charge on any atom is 0.141 e. The highest BCUT2D eigenvalue weighted by molar-refractivity contribution is 9.10. The molecule has 0 aliphatic rings. The zero-order valence-electron chi connectivity index (χ0n) is 12.3. The van der Waals surface area contributed by atoms with Crippen molar-refractivity contribution in [2.75, 3.05) is 41.4 Å². The number of nitrogens with zero attached hydrogens (tertiary/aromatic N) is 1. The van der Waals surface area contributed by atoms with Gasteiger partial charge >= 0.3 is 0 Å². The molecule has 0 spiro atoms. The number of ether oxygens (including phenoxy) is 2. The molecule has 19 heavy (non-hydrogen) atoms. The van der Waals surface area contributed by atoms with Gasteiger partial charge in [0.05, 0.1) is 14.2 Å². The number of nitrogens with one attached hydrogen (secondary N) is 1. The fraction of sp³-hybridized carbons (Fsp3) is 0.571. The molecule has 0 heterocycles. The third kappa shape index (κ3) is 4.09. The molecule has 1 aromatic rings. The molecule has 0 bridgehead atoms. The van der Waals surface area contributed by atoms with Crippen molar-refractivity contribution in [1.82, 2.24) is 10.2 Å². The second kappa shape index (κ2) is 7.72. The van der Waals surface area contributed by atoms with E-state index >= 15 is 0 Å². The highest BCUT2D eigenvalue weighted by Crippen LogP contribution is 2.39. The summed E-state index contributed by atoms with van der Waals surface area (Å²) in [6.45, 7) is 3.92. The van der Waals surface area contributed by atoms with Gasteiger partial charge in [0.2, 0.25) is 0 Å². The largest absolute Gasteiger partial charge is 0.495 e. The molecule has 108 valence electrons. The Morgan fingerprint density at radius 1 is 1.26 bits per heavy atom. The van der Waals surface area contributed by atoms with Gasteiger partial charge in [-0.05, 0) is 48.7 Å². The smallest absolute Gasteiger partial charge is 0.141 e. The molecule has 0 radical (unpaired) electrons. The molecule has 1 N–H and O–H groups in total. The molecule has 0 amide bonds. The van der Waals surface area contributed by atoms with Crippen LogP contribution < -0.4 is 14.8 Å². The van der Waals surface area contributed by atoms with E-state index < -0.39 is 0 Å². The zero-order chi connectivity index (χ0) is 14.4. The van der Waals surface area contributed by atoms with Crippen LogP contribution in [0.5, 0.6) is 11.5 Å². The van der Waals surface area contributed by atoms with E-state index in [1.54, 1.807) is 14.2 Å². The molecule has 0 saturated heterocycles. The van der Waals surface area contributed by atoms with Crippen LogP contribution >= 0.6 is 15.9 Å². The van der Waals surface area contributed by atoms with Gasteiger partial charge in [0, 0.05) is 18.2 Å². The van der Waals surface area contributed by atoms with E-state index in [9.17, 15) is 0 Å². The second-order valence-corrected chi connectivity index (χ2v) is 5.37. The number of halogens is 1. The summed E-state index contributed by atoms with van der Waals surface area (Å²) < 4.78 is 11.7. The van der Waals surface area contributed by atoms with Crippen LogP contribution in [0.1, 0.15) is 18.5 Å². The lowest BCUT2D eigenvalue weighted by molar-refractivity contribution is 0.331. The lowest BCUT2D eigenvalue weighted by Gasteiger charge is -2.25. The van der Waals surface area contributed by atoms with Gasteiger partial charge in [0.15, 0.2) is 0 Å². The summed E-state index contributed by atoms with van der Waals surface area (Å²) in [4.78, 5) is 2.16. The number of hydrogen-bond acceptors (Lipinski definition) is 4. The quantitative estimate of drug-likeness (QED) is 0.833. The second-order valence-electron chi connectivity index (χ2n) is 4.58. The van der Waals surface area contributed by atoms with Crippen molar-refractivity contribution in [3.63, 3.8) is 0 Å². The lowest BCUT2D eigenvalue weighted by Crippen LogP contribution is -2.31. The van der Waals surface area contributed by atoms with Crippen LogP contribution in [0, 0.1) is 0 Å². The Morgan fingerprint density at radius 2 is 1.95 bits per heavy atom. The van der Waals surface area contributed by atoms with Gasteiger partial charge in [-0.2, -0.15) is 0 Å². The maximum atomic E-state index is 5.54. The molecule has 1 rings (SSSR count). The Morgan fingerprint density at radius 3 is 2.42 bits per heavy atom. The van der Waals surface area contributed by atoms with Crippen LogP contribution in [-0.4, -0.2) is 46.3 Å². The summed E-state index contributed by atoms with van der Waals surface area (Å²) >= 11 is 3.55. The van der Waals surface area contributed by atoms with E-state index in [1.165, 1.54) is 0 Å². The normalized spacial score (nSPS) is 12.6. The van der Waals surface area contributed by atoms with E-state index in [0.29, 0.717) is 0 Å². The average molecular weight is 331 g/mol. The summed E-state index contributed by atoms with van der Waals surface area (Å²) in [5.74, 6) is 1.60. The molecule has 1 unspecified atom stereocenters. The zero-order valence-corrected chi connectivity index (χ0v) is 13.9. The van der Waals surface area contributed by atoms with Gasteiger partial charge in [-0.15, -0.1) is 0 Å². The molecule has 0 fully saturated rings. The van der Waals surface area contributed by atoms with Crippen molar-refractivity contribution in [1.29, 1.82) is 0 Å². The number of hydrogen-bond donors (Lipinski definition) is 1. The first-order valence-electron chi connectivity index (χ1n) is 6.33. The van der Waals surface area contributed by atoms with Crippen molar-refractivity contribution in [2.45, 2.75) is 13.0 Å². The summed E-state index contributed by atoms with van der Waals surface area (Å²) in [7, 11) is 7.47. The molecule has 1 aromatic carbocycles. The van der Waals surface area contributed by atoms with Crippen LogP contribution in [0.15, 0.2) is 16.6 Å². The Hall–Kier alpha value is -0.780. The number of benzene rings is 1. The lowest BCUT2D eigenvalue weighted by atomic mass is 10.0. The Kier molecular flexibility index (Phi) is 6.62. The standard InChI is InChI=1S/C14H23BrN2O2/c1-6-16-11(9-17(2)3)10-7-8-12(18-4)13(15)14(10)19-5/h7-8,11,16H,6,9H2,1-5H3.